The number of ether oxygens (including phenoxy) is 2. The van der Waals surface area contributed by atoms with Crippen LogP contribution < -0.4 is 15.6 Å². The second-order valence-corrected chi connectivity index (χ2v) is 6.37. The van der Waals surface area contributed by atoms with E-state index in [0.29, 0.717) is 11.4 Å². The maximum atomic E-state index is 12.5. The zero-order valence-electron chi connectivity index (χ0n) is 16.6. The van der Waals surface area contributed by atoms with Gasteiger partial charge >= 0.3 is 5.97 Å². The van der Waals surface area contributed by atoms with Gasteiger partial charge < -0.3 is 14.8 Å². The summed E-state index contributed by atoms with van der Waals surface area (Å²) in [6.45, 7) is 3.31. The molecule has 30 heavy (non-hydrogen) atoms. The van der Waals surface area contributed by atoms with Crippen LogP contribution in [0.2, 0.25) is 0 Å². The molecule has 0 fully saturated rings. The van der Waals surface area contributed by atoms with Crippen LogP contribution in [-0.4, -0.2) is 34.9 Å². The van der Waals surface area contributed by atoms with Gasteiger partial charge in [-0.3, -0.25) is 9.59 Å². The standard InChI is InChI=1S/C22H21N3O5/c1-3-29-22(28)21-18(13-20(27)25(24-21)17-7-5-4-6-8-17)30-14-19(26)23-16-11-9-15(2)10-12-16/h4-13H,3,14H2,1-2H3,(H,23,26). The number of nitrogens with zero attached hydrogens (tertiary/aromatic N) is 2. The zero-order valence-corrected chi connectivity index (χ0v) is 16.6. The van der Waals surface area contributed by atoms with Crippen LogP contribution in [0.3, 0.4) is 0 Å². The van der Waals surface area contributed by atoms with E-state index in [4.69, 9.17) is 9.47 Å². The molecule has 0 saturated carbocycles. The molecule has 0 radical (unpaired) electrons. The summed E-state index contributed by atoms with van der Waals surface area (Å²) in [7, 11) is 0. The Morgan fingerprint density at radius 1 is 1.07 bits per heavy atom. The Morgan fingerprint density at radius 2 is 1.77 bits per heavy atom. The van der Waals surface area contributed by atoms with E-state index in [1.165, 1.54) is 0 Å². The van der Waals surface area contributed by atoms with E-state index in [2.05, 4.69) is 10.4 Å². The quantitative estimate of drug-likeness (QED) is 0.605. The molecule has 0 bridgehead atoms. The van der Waals surface area contributed by atoms with Gasteiger partial charge in [0.1, 0.15) is 0 Å². The lowest BCUT2D eigenvalue weighted by Crippen LogP contribution is -2.27. The van der Waals surface area contributed by atoms with Crippen molar-refractivity contribution in [2.24, 2.45) is 0 Å². The van der Waals surface area contributed by atoms with Crippen LogP contribution in [0.4, 0.5) is 5.69 Å². The molecule has 1 amide bonds. The molecule has 8 nitrogen and oxygen atoms in total. The zero-order chi connectivity index (χ0) is 21.5. The Bertz CT molecular complexity index is 1090. The number of hydrogen-bond acceptors (Lipinski definition) is 6. The predicted molar refractivity (Wildman–Crippen MR) is 111 cm³/mol. The maximum absolute atomic E-state index is 12.5. The second-order valence-electron chi connectivity index (χ2n) is 6.37. The molecule has 1 heterocycles. The molecule has 3 rings (SSSR count). The lowest BCUT2D eigenvalue weighted by atomic mass is 10.2. The predicted octanol–water partition coefficient (Wildman–Crippen LogP) is 2.74. The number of rotatable bonds is 7. The molecule has 0 unspecified atom stereocenters. The number of nitrogens with one attached hydrogen (secondary N) is 1. The molecule has 2 aromatic carbocycles. The molecular weight excluding hydrogens is 386 g/mol. The van der Waals surface area contributed by atoms with Crippen LogP contribution in [0.1, 0.15) is 23.0 Å². The fourth-order valence-corrected chi connectivity index (χ4v) is 2.62. The summed E-state index contributed by atoms with van der Waals surface area (Å²) >= 11 is 0. The van der Waals surface area contributed by atoms with Crippen molar-refractivity contribution in [2.75, 3.05) is 18.5 Å². The van der Waals surface area contributed by atoms with Crippen molar-refractivity contribution in [3.05, 3.63) is 82.3 Å². The summed E-state index contributed by atoms with van der Waals surface area (Å²) in [4.78, 5) is 37.1. The number of hydrogen-bond donors (Lipinski definition) is 1. The largest absolute Gasteiger partial charge is 0.481 e. The highest BCUT2D eigenvalue weighted by Gasteiger charge is 2.20. The Hall–Kier alpha value is -3.94. The number of aryl methyl sites for hydroxylation is 1. The van der Waals surface area contributed by atoms with Crippen LogP contribution in [0.25, 0.3) is 5.69 Å². The number of aromatic nitrogens is 2. The molecule has 8 heteroatoms. The molecule has 0 aliphatic rings. The lowest BCUT2D eigenvalue weighted by Gasteiger charge is -2.12. The van der Waals surface area contributed by atoms with Gasteiger partial charge in [0.2, 0.25) is 5.69 Å². The molecule has 154 valence electrons. The molecule has 0 atom stereocenters. The molecule has 0 aliphatic carbocycles. The van der Waals surface area contributed by atoms with Gasteiger partial charge in [-0.05, 0) is 38.1 Å². The Balaban J connectivity index is 1.83. The first-order chi connectivity index (χ1) is 14.5. The first-order valence-electron chi connectivity index (χ1n) is 9.34. The van der Waals surface area contributed by atoms with Crippen molar-refractivity contribution >= 4 is 17.6 Å². The minimum Gasteiger partial charge on any atom is -0.481 e. The first-order valence-corrected chi connectivity index (χ1v) is 9.34. The fraction of sp³-hybridized carbons (Fsp3) is 0.182. The first kappa shape index (κ1) is 20.8. The van der Waals surface area contributed by atoms with Crippen LogP contribution in [0.15, 0.2) is 65.5 Å². The minimum atomic E-state index is -0.754. The highest BCUT2D eigenvalue weighted by atomic mass is 16.5. The van der Waals surface area contributed by atoms with Gasteiger partial charge in [-0.2, -0.15) is 9.78 Å². The number of carbonyl (C=O) groups excluding carboxylic acids is 2. The summed E-state index contributed by atoms with van der Waals surface area (Å²) in [5.41, 5.74) is 1.45. The lowest BCUT2D eigenvalue weighted by molar-refractivity contribution is -0.118. The third kappa shape index (κ3) is 5.11. The van der Waals surface area contributed by atoms with Gasteiger partial charge in [-0.1, -0.05) is 35.9 Å². The number of benzene rings is 2. The van der Waals surface area contributed by atoms with Crippen molar-refractivity contribution < 1.29 is 19.1 Å². The minimum absolute atomic E-state index is 0.121. The van der Waals surface area contributed by atoms with E-state index in [1.807, 2.05) is 19.1 Å². The van der Waals surface area contributed by atoms with E-state index in [1.54, 1.807) is 49.4 Å². The average molecular weight is 407 g/mol. The molecule has 0 saturated heterocycles. The van der Waals surface area contributed by atoms with Crippen molar-refractivity contribution in [1.29, 1.82) is 0 Å². The molecule has 1 aromatic heterocycles. The van der Waals surface area contributed by atoms with Gasteiger partial charge in [-0.25, -0.2) is 4.79 Å². The Morgan fingerprint density at radius 3 is 2.43 bits per heavy atom. The number of anilines is 1. The number of carbonyl (C=O) groups is 2. The van der Waals surface area contributed by atoms with E-state index in [0.717, 1.165) is 16.3 Å². The third-order valence-electron chi connectivity index (χ3n) is 4.06. The van der Waals surface area contributed by atoms with Gasteiger partial charge in [0.05, 0.1) is 18.4 Å². The van der Waals surface area contributed by atoms with Gasteiger partial charge in [-0.15, -0.1) is 0 Å². The number of para-hydroxylation sites is 1. The molecular formula is C22H21N3O5. The van der Waals surface area contributed by atoms with Gasteiger partial charge in [0, 0.05) is 5.69 Å². The van der Waals surface area contributed by atoms with Gasteiger partial charge in [0.15, 0.2) is 12.4 Å². The molecule has 3 aromatic rings. The normalized spacial score (nSPS) is 10.3. The summed E-state index contributed by atoms with van der Waals surface area (Å²) in [6, 6.07) is 17.0. The third-order valence-corrected chi connectivity index (χ3v) is 4.06. The van der Waals surface area contributed by atoms with Crippen LogP contribution >= 0.6 is 0 Å². The monoisotopic (exact) mass is 407 g/mol. The Labute approximate surface area is 173 Å². The van der Waals surface area contributed by atoms with E-state index in [9.17, 15) is 14.4 Å². The van der Waals surface area contributed by atoms with Crippen molar-refractivity contribution in [1.82, 2.24) is 9.78 Å². The Kier molecular flexibility index (Phi) is 6.59. The van der Waals surface area contributed by atoms with E-state index < -0.39 is 24.0 Å². The van der Waals surface area contributed by atoms with E-state index >= 15 is 0 Å². The fourth-order valence-electron chi connectivity index (χ4n) is 2.62. The summed E-state index contributed by atoms with van der Waals surface area (Å²) in [5, 5.41) is 6.79. The topological polar surface area (TPSA) is 99.5 Å². The van der Waals surface area contributed by atoms with Crippen LogP contribution in [0.5, 0.6) is 5.75 Å². The van der Waals surface area contributed by atoms with E-state index in [-0.39, 0.29) is 18.1 Å². The number of amides is 1. The van der Waals surface area contributed by atoms with Crippen LogP contribution in [-0.2, 0) is 9.53 Å². The summed E-state index contributed by atoms with van der Waals surface area (Å²) in [6.07, 6.45) is 0. The summed E-state index contributed by atoms with van der Waals surface area (Å²) in [5.74, 6) is -1.32. The maximum Gasteiger partial charge on any atom is 0.362 e. The summed E-state index contributed by atoms with van der Waals surface area (Å²) < 4.78 is 11.5. The second kappa shape index (κ2) is 9.51. The smallest absolute Gasteiger partial charge is 0.362 e. The highest BCUT2D eigenvalue weighted by Crippen LogP contribution is 2.16. The van der Waals surface area contributed by atoms with Crippen molar-refractivity contribution in [3.8, 4) is 11.4 Å². The number of esters is 1. The molecule has 0 aliphatic heterocycles. The van der Waals surface area contributed by atoms with Crippen LogP contribution in [0, 0.1) is 6.92 Å². The van der Waals surface area contributed by atoms with Crippen molar-refractivity contribution in [3.63, 3.8) is 0 Å². The molecule has 0 spiro atoms. The van der Waals surface area contributed by atoms with Crippen molar-refractivity contribution in [2.45, 2.75) is 13.8 Å². The van der Waals surface area contributed by atoms with Gasteiger partial charge in [0.25, 0.3) is 11.5 Å². The molecule has 1 N–H and O–H groups in total. The average Bonchev–Trinajstić information content (AvgIpc) is 2.74. The SMILES string of the molecule is CCOC(=O)c1nn(-c2ccccc2)c(=O)cc1OCC(=O)Nc1ccc(C)cc1. The highest BCUT2D eigenvalue weighted by molar-refractivity contribution is 5.93.